The van der Waals surface area contributed by atoms with Gasteiger partial charge >= 0.3 is 0 Å². The Morgan fingerprint density at radius 2 is 2.11 bits per heavy atom. The average Bonchev–Trinajstić information content (AvgIpc) is 3.42. The highest BCUT2D eigenvalue weighted by molar-refractivity contribution is 7.10. The summed E-state index contributed by atoms with van der Waals surface area (Å²) in [6.45, 7) is 8.48. The first-order chi connectivity index (χ1) is 13.4. The Hall–Kier alpha value is -2.05. The number of pyridine rings is 1. The number of aromatic amines is 1. The van der Waals surface area contributed by atoms with Crippen LogP contribution in [0.5, 0.6) is 0 Å². The van der Waals surface area contributed by atoms with Gasteiger partial charge in [0.25, 0.3) is 0 Å². The molecule has 3 aromatic rings. The van der Waals surface area contributed by atoms with Crippen molar-refractivity contribution in [2.45, 2.75) is 51.0 Å². The number of hydrogen-bond acceptors (Lipinski definition) is 4. The average molecular weight is 399 g/mol. The number of hydrogen-bond donors (Lipinski definition) is 1. The smallest absolute Gasteiger partial charge is 0.176 e. The van der Waals surface area contributed by atoms with Crippen molar-refractivity contribution in [3.8, 4) is 0 Å². The number of H-pyrrole nitrogens is 1. The zero-order valence-corrected chi connectivity index (χ0v) is 17.5. The molecule has 1 unspecified atom stereocenters. The molecule has 1 N–H and O–H groups in total. The van der Waals surface area contributed by atoms with Crippen LogP contribution in [0.4, 0.5) is 4.39 Å². The van der Waals surface area contributed by atoms with Crippen molar-refractivity contribution in [2.75, 3.05) is 13.1 Å². The molecule has 0 amide bonds. The molecule has 0 saturated carbocycles. The minimum atomic E-state index is -0.108. The highest BCUT2D eigenvalue weighted by Crippen LogP contribution is 2.42. The molecular formula is C22H27FN4S. The van der Waals surface area contributed by atoms with E-state index in [4.69, 9.17) is 0 Å². The van der Waals surface area contributed by atoms with Crippen molar-refractivity contribution in [3.63, 3.8) is 0 Å². The number of rotatable bonds is 6. The molecule has 4 nitrogen and oxygen atoms in total. The molecule has 1 aliphatic heterocycles. The number of thiophene rings is 1. The van der Waals surface area contributed by atoms with Crippen LogP contribution in [-0.2, 0) is 17.4 Å². The van der Waals surface area contributed by atoms with Gasteiger partial charge in [-0.05, 0) is 63.8 Å². The molecule has 1 fully saturated rings. The number of aryl methyl sites for hydroxylation is 2. The minimum absolute atomic E-state index is 0.0423. The molecular weight excluding hydrogens is 371 g/mol. The zero-order chi connectivity index (χ0) is 19.8. The second-order valence-electron chi connectivity index (χ2n) is 8.34. The van der Waals surface area contributed by atoms with Gasteiger partial charge in [0.05, 0.1) is 0 Å². The van der Waals surface area contributed by atoms with Gasteiger partial charge in [-0.3, -0.25) is 9.88 Å². The van der Waals surface area contributed by atoms with Crippen LogP contribution in [0.1, 0.15) is 48.6 Å². The van der Waals surface area contributed by atoms with E-state index in [2.05, 4.69) is 45.8 Å². The number of aromatic nitrogens is 3. The SMILES string of the molecule is Cc1ccc(C(C)(C)N2CCC(CCc3ccc(F)s3)(c3ncc[nH]3)C2)cn1. The summed E-state index contributed by atoms with van der Waals surface area (Å²) in [6.07, 6.45) is 8.60. The van der Waals surface area contributed by atoms with E-state index in [9.17, 15) is 4.39 Å². The van der Waals surface area contributed by atoms with Crippen LogP contribution in [0.2, 0.25) is 0 Å². The fraction of sp³-hybridized carbons (Fsp3) is 0.455. The summed E-state index contributed by atoms with van der Waals surface area (Å²) >= 11 is 1.25. The minimum Gasteiger partial charge on any atom is -0.348 e. The second-order valence-corrected chi connectivity index (χ2v) is 9.46. The van der Waals surface area contributed by atoms with E-state index in [-0.39, 0.29) is 16.1 Å². The molecule has 0 aliphatic carbocycles. The maximum atomic E-state index is 13.4. The molecule has 6 heteroatoms. The molecule has 4 heterocycles. The molecule has 0 aromatic carbocycles. The lowest BCUT2D eigenvalue weighted by molar-refractivity contribution is 0.141. The Labute approximate surface area is 169 Å². The van der Waals surface area contributed by atoms with Gasteiger partial charge in [0.1, 0.15) is 5.82 Å². The van der Waals surface area contributed by atoms with Gasteiger partial charge in [0, 0.05) is 53.2 Å². The number of halogens is 1. The maximum absolute atomic E-state index is 13.4. The first-order valence-corrected chi connectivity index (χ1v) is 10.6. The lowest BCUT2D eigenvalue weighted by Gasteiger charge is -2.37. The summed E-state index contributed by atoms with van der Waals surface area (Å²) in [5.74, 6) is 1.05. The maximum Gasteiger partial charge on any atom is 0.176 e. The summed E-state index contributed by atoms with van der Waals surface area (Å²) < 4.78 is 13.4. The van der Waals surface area contributed by atoms with Gasteiger partial charge in [-0.1, -0.05) is 6.07 Å². The van der Waals surface area contributed by atoms with Crippen molar-refractivity contribution < 1.29 is 4.39 Å². The molecule has 0 spiro atoms. The largest absolute Gasteiger partial charge is 0.348 e. The third-order valence-electron chi connectivity index (χ3n) is 6.24. The highest BCUT2D eigenvalue weighted by atomic mass is 32.1. The van der Waals surface area contributed by atoms with E-state index >= 15 is 0 Å². The van der Waals surface area contributed by atoms with Gasteiger partial charge in [0.15, 0.2) is 5.13 Å². The Morgan fingerprint density at radius 3 is 2.75 bits per heavy atom. The van der Waals surface area contributed by atoms with Crippen molar-refractivity contribution in [1.29, 1.82) is 0 Å². The molecule has 28 heavy (non-hydrogen) atoms. The van der Waals surface area contributed by atoms with E-state index in [1.807, 2.05) is 31.6 Å². The molecule has 4 rings (SSSR count). The number of nitrogens with one attached hydrogen (secondary N) is 1. The van der Waals surface area contributed by atoms with E-state index in [1.54, 1.807) is 6.07 Å². The first-order valence-electron chi connectivity index (χ1n) is 9.81. The quantitative estimate of drug-likeness (QED) is 0.647. The van der Waals surface area contributed by atoms with Crippen LogP contribution < -0.4 is 0 Å². The first kappa shape index (κ1) is 19.3. The van der Waals surface area contributed by atoms with E-state index in [1.165, 1.54) is 16.9 Å². The third kappa shape index (κ3) is 3.63. The predicted octanol–water partition coefficient (Wildman–Crippen LogP) is 4.83. The summed E-state index contributed by atoms with van der Waals surface area (Å²) in [5.41, 5.74) is 2.12. The normalized spacial score (nSPS) is 20.7. The van der Waals surface area contributed by atoms with Crippen LogP contribution in [0.15, 0.2) is 42.9 Å². The Kier molecular flexibility index (Phi) is 5.10. The third-order valence-corrected chi connectivity index (χ3v) is 7.18. The highest BCUT2D eigenvalue weighted by Gasteiger charge is 2.46. The molecule has 0 bridgehead atoms. The summed E-state index contributed by atoms with van der Waals surface area (Å²) in [4.78, 5) is 16.1. The number of likely N-dealkylation sites (tertiary alicyclic amines) is 1. The van der Waals surface area contributed by atoms with Crippen LogP contribution in [0, 0.1) is 12.1 Å². The molecule has 1 aliphatic rings. The van der Waals surface area contributed by atoms with Gasteiger partial charge in [-0.15, -0.1) is 11.3 Å². The van der Waals surface area contributed by atoms with Gasteiger partial charge in [-0.25, -0.2) is 4.98 Å². The van der Waals surface area contributed by atoms with Crippen molar-refractivity contribution in [3.05, 3.63) is 69.9 Å². The number of imidazole rings is 1. The van der Waals surface area contributed by atoms with Gasteiger partial charge in [0.2, 0.25) is 0 Å². The predicted molar refractivity (Wildman–Crippen MR) is 111 cm³/mol. The lowest BCUT2D eigenvalue weighted by Crippen LogP contribution is -2.42. The Bertz CT molecular complexity index is 916. The fourth-order valence-electron chi connectivity index (χ4n) is 4.28. The Morgan fingerprint density at radius 1 is 1.25 bits per heavy atom. The van der Waals surface area contributed by atoms with Crippen LogP contribution in [0.25, 0.3) is 0 Å². The molecule has 1 atom stereocenters. The molecule has 3 aromatic heterocycles. The van der Waals surface area contributed by atoms with E-state index in [0.29, 0.717) is 0 Å². The standard InChI is InChI=1S/C22H27FN4S/c1-16-4-5-17(14-26-16)21(2,3)27-13-10-22(15-27,20-24-11-12-25-20)9-8-18-6-7-19(23)28-18/h4-7,11-12,14H,8-10,13,15H2,1-3H3,(H,24,25). The van der Waals surface area contributed by atoms with Crippen LogP contribution in [0.3, 0.4) is 0 Å². The molecule has 0 radical (unpaired) electrons. The van der Waals surface area contributed by atoms with Gasteiger partial charge < -0.3 is 4.98 Å². The van der Waals surface area contributed by atoms with Crippen LogP contribution in [-0.4, -0.2) is 32.9 Å². The molecule has 148 valence electrons. The van der Waals surface area contributed by atoms with E-state index in [0.717, 1.165) is 48.7 Å². The topological polar surface area (TPSA) is 44.8 Å². The molecule has 1 saturated heterocycles. The van der Waals surface area contributed by atoms with Crippen LogP contribution >= 0.6 is 11.3 Å². The lowest BCUT2D eigenvalue weighted by atomic mass is 9.81. The zero-order valence-electron chi connectivity index (χ0n) is 16.7. The monoisotopic (exact) mass is 398 g/mol. The van der Waals surface area contributed by atoms with Crippen molar-refractivity contribution in [1.82, 2.24) is 19.9 Å². The summed E-state index contributed by atoms with van der Waals surface area (Å²) in [5, 5.41) is -0.108. The summed E-state index contributed by atoms with van der Waals surface area (Å²) in [6, 6.07) is 7.74. The summed E-state index contributed by atoms with van der Waals surface area (Å²) in [7, 11) is 0. The fourth-order valence-corrected chi connectivity index (χ4v) is 5.01. The Balaban J connectivity index is 1.57. The van der Waals surface area contributed by atoms with Crippen molar-refractivity contribution in [2.24, 2.45) is 0 Å². The van der Waals surface area contributed by atoms with Crippen molar-refractivity contribution >= 4 is 11.3 Å². The van der Waals surface area contributed by atoms with E-state index < -0.39 is 0 Å². The second kappa shape index (κ2) is 7.41. The van der Waals surface area contributed by atoms with Gasteiger partial charge in [-0.2, -0.15) is 4.39 Å². The number of nitrogens with zero attached hydrogens (tertiary/aromatic N) is 3.